The lowest BCUT2D eigenvalue weighted by molar-refractivity contribution is -0.385. The van der Waals surface area contributed by atoms with Gasteiger partial charge in [-0.2, -0.15) is 0 Å². The highest BCUT2D eigenvalue weighted by molar-refractivity contribution is 5.59. The van der Waals surface area contributed by atoms with Gasteiger partial charge in [-0.15, -0.1) is 0 Å². The molecule has 8 nitrogen and oxygen atoms in total. The summed E-state index contributed by atoms with van der Waals surface area (Å²) in [5, 5.41) is 14.4. The van der Waals surface area contributed by atoms with E-state index in [2.05, 4.69) is 29.0 Å². The number of hydrogen-bond acceptors (Lipinski definition) is 6. The van der Waals surface area contributed by atoms with Crippen LogP contribution in [0.15, 0.2) is 29.2 Å². The number of nitrogens with zero attached hydrogens (tertiary/aromatic N) is 4. The van der Waals surface area contributed by atoms with E-state index in [1.165, 1.54) is 10.6 Å². The Hall–Kier alpha value is -2.48. The molecule has 0 saturated heterocycles. The van der Waals surface area contributed by atoms with Gasteiger partial charge in [0.25, 0.3) is 0 Å². The van der Waals surface area contributed by atoms with Gasteiger partial charge in [0.1, 0.15) is 5.65 Å². The van der Waals surface area contributed by atoms with E-state index in [-0.39, 0.29) is 11.9 Å². The van der Waals surface area contributed by atoms with E-state index in [4.69, 9.17) is 0 Å². The first-order chi connectivity index (χ1) is 11.3. The van der Waals surface area contributed by atoms with Gasteiger partial charge in [0.2, 0.25) is 5.82 Å². The van der Waals surface area contributed by atoms with Crippen molar-refractivity contribution in [1.29, 1.82) is 0 Å². The molecule has 2 aromatic heterocycles. The highest BCUT2D eigenvalue weighted by Gasteiger charge is 2.24. The summed E-state index contributed by atoms with van der Waals surface area (Å²) >= 11 is 0. The van der Waals surface area contributed by atoms with Crippen molar-refractivity contribution >= 4 is 17.2 Å². The Morgan fingerprint density at radius 1 is 1.38 bits per heavy atom. The minimum absolute atomic E-state index is 0.0202. The summed E-state index contributed by atoms with van der Waals surface area (Å²) in [7, 11) is 3.93. The van der Waals surface area contributed by atoms with Crippen LogP contribution in [0.3, 0.4) is 0 Å². The maximum Gasteiger partial charge on any atom is 0.376 e. The molecule has 1 N–H and O–H groups in total. The van der Waals surface area contributed by atoms with Gasteiger partial charge in [-0.25, -0.2) is 4.98 Å². The predicted octanol–water partition coefficient (Wildman–Crippen LogP) is 1.99. The number of nitro groups is 1. The van der Waals surface area contributed by atoms with Crippen LogP contribution in [-0.4, -0.2) is 45.9 Å². The van der Waals surface area contributed by atoms with Crippen LogP contribution in [0.25, 0.3) is 5.65 Å². The normalized spacial score (nSPS) is 12.8. The molecule has 0 fully saturated rings. The summed E-state index contributed by atoms with van der Waals surface area (Å²) in [5.41, 5.74) is -0.833. The van der Waals surface area contributed by atoms with Crippen molar-refractivity contribution < 1.29 is 4.92 Å². The summed E-state index contributed by atoms with van der Waals surface area (Å²) in [4.78, 5) is 29.4. The lowest BCUT2D eigenvalue weighted by Gasteiger charge is -2.26. The number of pyridine rings is 1. The Morgan fingerprint density at radius 2 is 2.08 bits per heavy atom. The molecule has 24 heavy (non-hydrogen) atoms. The Bertz CT molecular complexity index is 785. The SMILES string of the molecule is CC(C)C[C@@H](CNc1nc2ccccn2c(=O)c1[N+](=O)[O-])N(C)C. The highest BCUT2D eigenvalue weighted by atomic mass is 16.6. The fraction of sp³-hybridized carbons (Fsp3) is 0.500. The number of rotatable bonds is 7. The molecule has 1 atom stereocenters. The van der Waals surface area contributed by atoms with Crippen LogP contribution in [0.1, 0.15) is 20.3 Å². The molecule has 0 saturated carbocycles. The van der Waals surface area contributed by atoms with Gasteiger partial charge in [0.15, 0.2) is 0 Å². The fourth-order valence-electron chi connectivity index (χ4n) is 2.60. The summed E-state index contributed by atoms with van der Waals surface area (Å²) in [5.74, 6) is 0.510. The van der Waals surface area contributed by atoms with Crippen molar-refractivity contribution in [3.05, 3.63) is 44.9 Å². The molecule has 0 aliphatic carbocycles. The summed E-state index contributed by atoms with van der Waals surface area (Å²) in [6.07, 6.45) is 2.41. The van der Waals surface area contributed by atoms with Crippen molar-refractivity contribution in [3.8, 4) is 0 Å². The van der Waals surface area contributed by atoms with Crippen LogP contribution in [0, 0.1) is 16.0 Å². The van der Waals surface area contributed by atoms with Crippen LogP contribution >= 0.6 is 0 Å². The van der Waals surface area contributed by atoms with E-state index < -0.39 is 16.2 Å². The van der Waals surface area contributed by atoms with E-state index in [1.54, 1.807) is 18.2 Å². The van der Waals surface area contributed by atoms with Crippen molar-refractivity contribution in [2.75, 3.05) is 26.0 Å². The molecule has 0 aromatic carbocycles. The zero-order valence-electron chi connectivity index (χ0n) is 14.4. The van der Waals surface area contributed by atoms with E-state index in [9.17, 15) is 14.9 Å². The van der Waals surface area contributed by atoms with E-state index in [0.717, 1.165) is 6.42 Å². The number of nitrogens with one attached hydrogen (secondary N) is 1. The molecule has 8 heteroatoms. The number of likely N-dealkylation sites (N-methyl/N-ethyl adjacent to an activating group) is 1. The molecule has 0 aliphatic heterocycles. The third kappa shape index (κ3) is 3.88. The second-order valence-electron chi connectivity index (χ2n) is 6.43. The first-order valence-electron chi connectivity index (χ1n) is 7.87. The molecule has 0 aliphatic rings. The Morgan fingerprint density at radius 3 is 2.67 bits per heavy atom. The molecule has 0 spiro atoms. The monoisotopic (exact) mass is 333 g/mol. The molecule has 2 rings (SSSR count). The second-order valence-corrected chi connectivity index (χ2v) is 6.43. The molecular formula is C16H23N5O3. The summed E-state index contributed by atoms with van der Waals surface area (Å²) < 4.78 is 1.18. The molecule has 0 radical (unpaired) electrons. The third-order valence-corrected chi connectivity index (χ3v) is 3.87. The molecule has 0 unspecified atom stereocenters. The smallest absolute Gasteiger partial charge is 0.363 e. The summed E-state index contributed by atoms with van der Waals surface area (Å²) in [6.45, 7) is 4.72. The predicted molar refractivity (Wildman–Crippen MR) is 93.5 cm³/mol. The average molecular weight is 333 g/mol. The molecule has 2 aromatic rings. The quantitative estimate of drug-likeness (QED) is 0.615. The molecular weight excluding hydrogens is 310 g/mol. The second kappa shape index (κ2) is 7.39. The molecule has 0 amide bonds. The molecule has 2 heterocycles. The minimum Gasteiger partial charge on any atom is -0.363 e. The van der Waals surface area contributed by atoms with Crippen LogP contribution < -0.4 is 10.9 Å². The van der Waals surface area contributed by atoms with E-state index in [0.29, 0.717) is 18.1 Å². The number of aromatic nitrogens is 2. The first kappa shape index (κ1) is 17.9. The van der Waals surface area contributed by atoms with Gasteiger partial charge in [0.05, 0.1) is 4.92 Å². The Kier molecular flexibility index (Phi) is 5.50. The lowest BCUT2D eigenvalue weighted by atomic mass is 10.0. The standard InChI is InChI=1S/C16H23N5O3/c1-11(2)9-12(19(3)4)10-17-15-14(21(23)24)16(22)20-8-6-5-7-13(20)18-15/h5-8,11-12,17H,9-10H2,1-4H3/t12-/m0/s1. The third-order valence-electron chi connectivity index (χ3n) is 3.87. The van der Waals surface area contributed by atoms with Crippen molar-refractivity contribution in [2.24, 2.45) is 5.92 Å². The zero-order valence-corrected chi connectivity index (χ0v) is 14.4. The average Bonchev–Trinajstić information content (AvgIpc) is 2.50. The Balaban J connectivity index is 2.38. The summed E-state index contributed by atoms with van der Waals surface area (Å²) in [6, 6.07) is 5.20. The van der Waals surface area contributed by atoms with Gasteiger partial charge in [-0.05, 0) is 38.6 Å². The van der Waals surface area contributed by atoms with Crippen LogP contribution in [0.2, 0.25) is 0 Å². The van der Waals surface area contributed by atoms with Crippen molar-refractivity contribution in [1.82, 2.24) is 14.3 Å². The van der Waals surface area contributed by atoms with Gasteiger partial charge < -0.3 is 10.2 Å². The number of hydrogen-bond donors (Lipinski definition) is 1. The largest absolute Gasteiger partial charge is 0.376 e. The minimum atomic E-state index is -0.682. The van der Waals surface area contributed by atoms with Crippen molar-refractivity contribution in [3.63, 3.8) is 0 Å². The zero-order chi connectivity index (χ0) is 17.9. The first-order valence-corrected chi connectivity index (χ1v) is 7.87. The van der Waals surface area contributed by atoms with E-state index in [1.807, 2.05) is 14.1 Å². The molecule has 0 bridgehead atoms. The number of anilines is 1. The van der Waals surface area contributed by atoms with Crippen molar-refractivity contribution in [2.45, 2.75) is 26.3 Å². The van der Waals surface area contributed by atoms with E-state index >= 15 is 0 Å². The highest BCUT2D eigenvalue weighted by Crippen LogP contribution is 2.19. The topological polar surface area (TPSA) is 92.8 Å². The maximum atomic E-state index is 12.4. The van der Waals surface area contributed by atoms with Gasteiger partial charge in [-0.3, -0.25) is 19.3 Å². The Labute approximate surface area is 140 Å². The lowest BCUT2D eigenvalue weighted by Crippen LogP contribution is -2.36. The fourth-order valence-corrected chi connectivity index (χ4v) is 2.60. The van der Waals surface area contributed by atoms with Crippen LogP contribution in [-0.2, 0) is 0 Å². The van der Waals surface area contributed by atoms with Crippen LogP contribution in [0.5, 0.6) is 0 Å². The number of fused-ring (bicyclic) bond motifs is 1. The van der Waals surface area contributed by atoms with Gasteiger partial charge in [-0.1, -0.05) is 19.9 Å². The van der Waals surface area contributed by atoms with Crippen LogP contribution in [0.4, 0.5) is 11.5 Å². The van der Waals surface area contributed by atoms with Gasteiger partial charge >= 0.3 is 11.2 Å². The van der Waals surface area contributed by atoms with Gasteiger partial charge in [0, 0.05) is 18.8 Å². The molecule has 130 valence electrons. The maximum absolute atomic E-state index is 12.4.